The maximum Gasteiger partial charge on any atom is 0.335 e. The largest absolute Gasteiger partial charge is 0.478 e. The molecule has 22 heavy (non-hydrogen) atoms. The van der Waals surface area contributed by atoms with Crippen LogP contribution < -0.4 is 4.72 Å². The standard InChI is InChI=1S/C15H18FNO4S/c16-13-7-6-12(15(18)19)10-14(13)22(20,21)17-9-8-11-4-2-1-3-5-11/h4,6-7,10,17H,1-3,5,8-9H2,(H,18,19). The number of carboxylic acids is 1. The van der Waals surface area contributed by atoms with Crippen molar-refractivity contribution in [1.82, 2.24) is 4.72 Å². The summed E-state index contributed by atoms with van der Waals surface area (Å²) in [6.07, 6.45) is 6.93. The Balaban J connectivity index is 2.08. The summed E-state index contributed by atoms with van der Waals surface area (Å²) in [5.41, 5.74) is 0.936. The van der Waals surface area contributed by atoms with Gasteiger partial charge in [0.1, 0.15) is 10.7 Å². The van der Waals surface area contributed by atoms with E-state index in [2.05, 4.69) is 10.8 Å². The van der Waals surface area contributed by atoms with Gasteiger partial charge in [0.15, 0.2) is 0 Å². The first-order valence-corrected chi connectivity index (χ1v) is 8.59. The summed E-state index contributed by atoms with van der Waals surface area (Å²) >= 11 is 0. The van der Waals surface area contributed by atoms with Crippen LogP contribution in [0.5, 0.6) is 0 Å². The molecule has 1 aromatic rings. The molecule has 1 aromatic carbocycles. The van der Waals surface area contributed by atoms with Crippen molar-refractivity contribution in [2.24, 2.45) is 0 Å². The topological polar surface area (TPSA) is 83.5 Å². The lowest BCUT2D eigenvalue weighted by Crippen LogP contribution is -2.26. The van der Waals surface area contributed by atoms with Gasteiger partial charge in [-0.2, -0.15) is 0 Å². The minimum atomic E-state index is -4.06. The minimum Gasteiger partial charge on any atom is -0.478 e. The van der Waals surface area contributed by atoms with Gasteiger partial charge in [0.25, 0.3) is 0 Å². The zero-order chi connectivity index (χ0) is 16.2. The second kappa shape index (κ2) is 7.02. The Bertz CT molecular complexity index is 697. The number of nitrogens with one attached hydrogen (secondary N) is 1. The van der Waals surface area contributed by atoms with E-state index < -0.39 is 26.7 Å². The van der Waals surface area contributed by atoms with E-state index in [-0.39, 0.29) is 12.1 Å². The highest BCUT2D eigenvalue weighted by molar-refractivity contribution is 7.89. The van der Waals surface area contributed by atoms with Crippen molar-refractivity contribution in [3.8, 4) is 0 Å². The molecule has 0 bridgehead atoms. The van der Waals surface area contributed by atoms with Crippen molar-refractivity contribution in [1.29, 1.82) is 0 Å². The Kier molecular flexibility index (Phi) is 5.31. The highest BCUT2D eigenvalue weighted by Crippen LogP contribution is 2.20. The fourth-order valence-electron chi connectivity index (χ4n) is 2.40. The lowest BCUT2D eigenvalue weighted by molar-refractivity contribution is 0.0696. The number of allylic oxidation sites excluding steroid dienone is 1. The van der Waals surface area contributed by atoms with Crippen LogP contribution in [0.4, 0.5) is 4.39 Å². The second-order valence-electron chi connectivity index (χ2n) is 5.21. The Hall–Kier alpha value is -1.73. The molecule has 7 heteroatoms. The van der Waals surface area contributed by atoms with Crippen molar-refractivity contribution in [2.75, 3.05) is 6.54 Å². The molecule has 0 radical (unpaired) electrons. The first kappa shape index (κ1) is 16.6. The third-order valence-electron chi connectivity index (χ3n) is 3.59. The number of hydrogen-bond acceptors (Lipinski definition) is 3. The van der Waals surface area contributed by atoms with Crippen LogP contribution in [0, 0.1) is 5.82 Å². The minimum absolute atomic E-state index is 0.172. The molecular weight excluding hydrogens is 309 g/mol. The summed E-state index contributed by atoms with van der Waals surface area (Å²) in [6.45, 7) is 0.172. The van der Waals surface area contributed by atoms with E-state index in [4.69, 9.17) is 5.11 Å². The quantitative estimate of drug-likeness (QED) is 0.787. The smallest absolute Gasteiger partial charge is 0.335 e. The zero-order valence-corrected chi connectivity index (χ0v) is 12.8. The summed E-state index contributed by atoms with van der Waals surface area (Å²) in [4.78, 5) is 10.2. The number of hydrogen-bond donors (Lipinski definition) is 2. The highest BCUT2D eigenvalue weighted by Gasteiger charge is 2.20. The molecule has 1 aliphatic rings. The molecule has 0 unspecified atom stereocenters. The Morgan fingerprint density at radius 1 is 1.32 bits per heavy atom. The molecule has 0 atom stereocenters. The summed E-state index contributed by atoms with van der Waals surface area (Å²) in [7, 11) is -4.06. The van der Waals surface area contributed by atoms with Gasteiger partial charge < -0.3 is 5.11 Å². The summed E-state index contributed by atoms with van der Waals surface area (Å²) < 4.78 is 40.2. The maximum atomic E-state index is 13.7. The lowest BCUT2D eigenvalue weighted by atomic mass is 9.97. The van der Waals surface area contributed by atoms with Crippen LogP contribution in [0.1, 0.15) is 42.5 Å². The van der Waals surface area contributed by atoms with Crippen molar-refractivity contribution < 1.29 is 22.7 Å². The van der Waals surface area contributed by atoms with Gasteiger partial charge in [-0.25, -0.2) is 22.3 Å². The van der Waals surface area contributed by atoms with E-state index in [1.54, 1.807) is 0 Å². The fourth-order valence-corrected chi connectivity index (χ4v) is 3.53. The van der Waals surface area contributed by atoms with Gasteiger partial charge in [0.05, 0.1) is 5.56 Å². The number of benzene rings is 1. The molecule has 0 aromatic heterocycles. The predicted molar refractivity (Wildman–Crippen MR) is 79.7 cm³/mol. The van der Waals surface area contributed by atoms with Crippen LogP contribution in [0.2, 0.25) is 0 Å². The molecule has 2 rings (SSSR count). The number of halogens is 1. The highest BCUT2D eigenvalue weighted by atomic mass is 32.2. The zero-order valence-electron chi connectivity index (χ0n) is 12.0. The summed E-state index contributed by atoms with van der Waals surface area (Å²) in [5.74, 6) is -2.27. The predicted octanol–water partition coefficient (Wildman–Crippen LogP) is 2.69. The molecule has 0 amide bonds. The van der Waals surface area contributed by atoms with E-state index in [0.29, 0.717) is 6.42 Å². The number of sulfonamides is 1. The molecule has 0 aliphatic heterocycles. The normalized spacial score (nSPS) is 15.4. The number of rotatable bonds is 6. The van der Waals surface area contributed by atoms with Gasteiger partial charge in [-0.1, -0.05) is 11.6 Å². The van der Waals surface area contributed by atoms with Gasteiger partial charge in [-0.15, -0.1) is 0 Å². The van der Waals surface area contributed by atoms with Crippen LogP contribution >= 0.6 is 0 Å². The van der Waals surface area contributed by atoms with Gasteiger partial charge in [0, 0.05) is 6.54 Å². The van der Waals surface area contributed by atoms with E-state index in [1.165, 1.54) is 5.57 Å². The number of aromatic carboxylic acids is 1. The van der Waals surface area contributed by atoms with Crippen LogP contribution in [0.3, 0.4) is 0 Å². The third-order valence-corrected chi connectivity index (χ3v) is 5.07. The van der Waals surface area contributed by atoms with E-state index in [1.807, 2.05) is 0 Å². The summed E-state index contributed by atoms with van der Waals surface area (Å²) in [5, 5.41) is 8.87. The van der Waals surface area contributed by atoms with E-state index >= 15 is 0 Å². The van der Waals surface area contributed by atoms with Crippen LogP contribution in [0.15, 0.2) is 34.7 Å². The van der Waals surface area contributed by atoms with Crippen molar-refractivity contribution in [3.63, 3.8) is 0 Å². The first-order valence-electron chi connectivity index (χ1n) is 7.10. The van der Waals surface area contributed by atoms with Gasteiger partial charge in [-0.3, -0.25) is 0 Å². The molecule has 2 N–H and O–H groups in total. The van der Waals surface area contributed by atoms with Gasteiger partial charge >= 0.3 is 5.97 Å². The average molecular weight is 327 g/mol. The monoisotopic (exact) mass is 327 g/mol. The van der Waals surface area contributed by atoms with Gasteiger partial charge in [0.2, 0.25) is 10.0 Å². The van der Waals surface area contributed by atoms with Crippen LogP contribution in [-0.2, 0) is 10.0 Å². The molecule has 0 fully saturated rings. The summed E-state index contributed by atoms with van der Waals surface area (Å²) in [6, 6.07) is 2.71. The molecule has 0 saturated heterocycles. The number of carboxylic acid groups (broad SMARTS) is 1. The van der Waals surface area contributed by atoms with Gasteiger partial charge in [-0.05, 0) is 50.3 Å². The van der Waals surface area contributed by atoms with Crippen LogP contribution in [0.25, 0.3) is 0 Å². The average Bonchev–Trinajstić information content (AvgIpc) is 2.48. The molecule has 0 saturated carbocycles. The Morgan fingerprint density at radius 2 is 2.09 bits per heavy atom. The second-order valence-corrected chi connectivity index (χ2v) is 6.94. The first-order chi connectivity index (χ1) is 10.4. The Morgan fingerprint density at radius 3 is 2.73 bits per heavy atom. The molecule has 5 nitrogen and oxygen atoms in total. The molecule has 120 valence electrons. The molecule has 0 heterocycles. The van der Waals surface area contributed by atoms with Crippen LogP contribution in [-0.4, -0.2) is 26.0 Å². The fraction of sp³-hybridized carbons (Fsp3) is 0.400. The van der Waals surface area contributed by atoms with Crippen molar-refractivity contribution >= 4 is 16.0 Å². The van der Waals surface area contributed by atoms with Crippen molar-refractivity contribution in [3.05, 3.63) is 41.2 Å². The Labute approximate surface area is 128 Å². The lowest BCUT2D eigenvalue weighted by Gasteiger charge is -2.13. The molecule has 1 aliphatic carbocycles. The van der Waals surface area contributed by atoms with E-state index in [0.717, 1.165) is 43.9 Å². The van der Waals surface area contributed by atoms with Crippen molar-refractivity contribution in [2.45, 2.75) is 37.0 Å². The third kappa shape index (κ3) is 4.14. The maximum absolute atomic E-state index is 13.7. The molecule has 0 spiro atoms. The SMILES string of the molecule is O=C(O)c1ccc(F)c(S(=O)(=O)NCCC2=CCCCC2)c1. The molecular formula is C15H18FNO4S. The number of carbonyl (C=O) groups is 1. The van der Waals surface area contributed by atoms with E-state index in [9.17, 15) is 17.6 Å².